The van der Waals surface area contributed by atoms with E-state index in [0.29, 0.717) is 0 Å². The normalized spacial score (nSPS) is 34.9. The zero-order valence-corrected chi connectivity index (χ0v) is 10.9. The van der Waals surface area contributed by atoms with E-state index in [2.05, 4.69) is 4.72 Å². The standard InChI is InChI=1S/C11H22N2O2S/c1-11(2)9(12)7-10(11)13-16(14,15)8-5-3-4-6-8/h8-10,13H,3-7,12H2,1-2H3. The Balaban J connectivity index is 2.00. The minimum atomic E-state index is -3.12. The van der Waals surface area contributed by atoms with E-state index in [1.807, 2.05) is 13.8 Å². The molecule has 94 valence electrons. The van der Waals surface area contributed by atoms with Crippen molar-refractivity contribution < 1.29 is 8.42 Å². The molecule has 0 amide bonds. The molecule has 0 aromatic rings. The quantitative estimate of drug-likeness (QED) is 0.779. The van der Waals surface area contributed by atoms with Crippen molar-refractivity contribution in [2.75, 3.05) is 0 Å². The number of hydrogen-bond acceptors (Lipinski definition) is 3. The van der Waals surface area contributed by atoms with Gasteiger partial charge in [-0.1, -0.05) is 26.7 Å². The Morgan fingerprint density at radius 2 is 1.81 bits per heavy atom. The molecule has 2 saturated carbocycles. The highest BCUT2D eigenvalue weighted by molar-refractivity contribution is 7.90. The lowest BCUT2D eigenvalue weighted by molar-refractivity contribution is 0.0901. The first-order valence-corrected chi connectivity index (χ1v) is 7.65. The van der Waals surface area contributed by atoms with Crippen LogP contribution in [0.25, 0.3) is 0 Å². The van der Waals surface area contributed by atoms with Gasteiger partial charge in [0.25, 0.3) is 0 Å². The van der Waals surface area contributed by atoms with Crippen LogP contribution in [0.3, 0.4) is 0 Å². The second-order valence-electron chi connectivity index (χ2n) is 5.79. The van der Waals surface area contributed by atoms with Crippen LogP contribution >= 0.6 is 0 Å². The van der Waals surface area contributed by atoms with E-state index in [0.717, 1.165) is 32.1 Å². The van der Waals surface area contributed by atoms with Crippen molar-refractivity contribution in [3.8, 4) is 0 Å². The zero-order chi connectivity index (χ0) is 12.0. The molecule has 16 heavy (non-hydrogen) atoms. The van der Waals surface area contributed by atoms with Gasteiger partial charge < -0.3 is 5.73 Å². The van der Waals surface area contributed by atoms with Crippen molar-refractivity contribution in [3.63, 3.8) is 0 Å². The lowest BCUT2D eigenvalue weighted by Gasteiger charge is -2.50. The highest BCUT2D eigenvalue weighted by atomic mass is 32.2. The Hall–Kier alpha value is -0.130. The Bertz CT molecular complexity index is 358. The van der Waals surface area contributed by atoms with E-state index in [1.54, 1.807) is 0 Å². The lowest BCUT2D eigenvalue weighted by Crippen LogP contribution is -2.65. The fourth-order valence-corrected chi connectivity index (χ4v) is 4.60. The largest absolute Gasteiger partial charge is 0.327 e. The molecule has 5 heteroatoms. The monoisotopic (exact) mass is 246 g/mol. The molecule has 2 aliphatic rings. The highest BCUT2D eigenvalue weighted by Gasteiger charge is 2.48. The fourth-order valence-electron chi connectivity index (χ4n) is 2.65. The number of nitrogens with two attached hydrogens (primary N) is 1. The molecule has 3 N–H and O–H groups in total. The summed E-state index contributed by atoms with van der Waals surface area (Å²) in [5, 5.41) is -0.167. The summed E-state index contributed by atoms with van der Waals surface area (Å²) < 4.78 is 27.0. The number of nitrogens with one attached hydrogen (secondary N) is 1. The number of sulfonamides is 1. The number of rotatable bonds is 3. The van der Waals surface area contributed by atoms with Crippen molar-refractivity contribution in [2.24, 2.45) is 11.1 Å². The zero-order valence-electron chi connectivity index (χ0n) is 10.1. The summed E-state index contributed by atoms with van der Waals surface area (Å²) in [5.41, 5.74) is 5.78. The fraction of sp³-hybridized carbons (Fsp3) is 1.00. The Kier molecular flexibility index (Phi) is 3.05. The van der Waals surface area contributed by atoms with Crippen LogP contribution in [0.1, 0.15) is 46.0 Å². The van der Waals surface area contributed by atoms with Crippen molar-refractivity contribution in [1.29, 1.82) is 0 Å². The molecular formula is C11H22N2O2S. The molecule has 0 spiro atoms. The molecule has 0 radical (unpaired) electrons. The molecule has 0 saturated heterocycles. The van der Waals surface area contributed by atoms with Crippen LogP contribution in [0.15, 0.2) is 0 Å². The minimum Gasteiger partial charge on any atom is -0.327 e. The molecule has 0 aliphatic heterocycles. The Morgan fingerprint density at radius 3 is 2.25 bits per heavy atom. The molecule has 0 aromatic carbocycles. The van der Waals surface area contributed by atoms with Gasteiger partial charge in [-0.2, -0.15) is 0 Å². The lowest BCUT2D eigenvalue weighted by atomic mass is 9.64. The summed E-state index contributed by atoms with van der Waals surface area (Å²) in [6.45, 7) is 4.06. The summed E-state index contributed by atoms with van der Waals surface area (Å²) in [6, 6.07) is 0.136. The van der Waals surface area contributed by atoms with Crippen LogP contribution in [0, 0.1) is 5.41 Å². The van der Waals surface area contributed by atoms with E-state index in [1.165, 1.54) is 0 Å². The average molecular weight is 246 g/mol. The Labute approximate surface area is 98.0 Å². The third-order valence-corrected chi connectivity index (χ3v) is 6.35. The van der Waals surface area contributed by atoms with Gasteiger partial charge in [0, 0.05) is 12.1 Å². The predicted molar refractivity (Wildman–Crippen MR) is 64.5 cm³/mol. The molecule has 2 aliphatic carbocycles. The van der Waals surface area contributed by atoms with Crippen molar-refractivity contribution >= 4 is 10.0 Å². The van der Waals surface area contributed by atoms with Gasteiger partial charge >= 0.3 is 0 Å². The third-order valence-electron chi connectivity index (χ3n) is 4.39. The van der Waals surface area contributed by atoms with Crippen LogP contribution in [0.4, 0.5) is 0 Å². The Morgan fingerprint density at radius 1 is 1.25 bits per heavy atom. The maximum atomic E-state index is 12.1. The summed E-state index contributed by atoms with van der Waals surface area (Å²) in [7, 11) is -3.12. The van der Waals surface area contributed by atoms with Gasteiger partial charge in [0.15, 0.2) is 0 Å². The van der Waals surface area contributed by atoms with Crippen LogP contribution in [0.5, 0.6) is 0 Å². The van der Waals surface area contributed by atoms with Gasteiger partial charge in [0.05, 0.1) is 5.25 Å². The van der Waals surface area contributed by atoms with Crippen LogP contribution in [-0.2, 0) is 10.0 Å². The van der Waals surface area contributed by atoms with Gasteiger partial charge in [0.2, 0.25) is 10.0 Å². The van der Waals surface area contributed by atoms with Gasteiger partial charge in [-0.15, -0.1) is 0 Å². The predicted octanol–water partition coefficient (Wildman–Crippen LogP) is 0.974. The molecule has 2 atom stereocenters. The number of hydrogen-bond donors (Lipinski definition) is 2. The van der Waals surface area contributed by atoms with Gasteiger partial charge in [-0.05, 0) is 24.7 Å². The van der Waals surface area contributed by atoms with Crippen molar-refractivity contribution in [1.82, 2.24) is 4.72 Å². The second kappa shape index (κ2) is 3.96. The van der Waals surface area contributed by atoms with Crippen LogP contribution in [0.2, 0.25) is 0 Å². The first-order valence-electron chi connectivity index (χ1n) is 6.11. The maximum absolute atomic E-state index is 12.1. The topological polar surface area (TPSA) is 72.2 Å². The third kappa shape index (κ3) is 2.00. The average Bonchev–Trinajstić information content (AvgIpc) is 2.70. The van der Waals surface area contributed by atoms with Gasteiger partial charge in [0.1, 0.15) is 0 Å². The molecule has 0 bridgehead atoms. The first-order chi connectivity index (χ1) is 7.34. The molecular weight excluding hydrogens is 224 g/mol. The van der Waals surface area contributed by atoms with E-state index in [9.17, 15) is 8.42 Å². The molecule has 2 rings (SSSR count). The second-order valence-corrected chi connectivity index (χ2v) is 7.78. The first kappa shape index (κ1) is 12.3. The molecule has 2 fully saturated rings. The SMILES string of the molecule is CC1(C)C(N)CC1NS(=O)(=O)C1CCCC1. The summed E-state index contributed by atoms with van der Waals surface area (Å²) in [4.78, 5) is 0. The van der Waals surface area contributed by atoms with E-state index >= 15 is 0 Å². The van der Waals surface area contributed by atoms with Crippen LogP contribution in [-0.4, -0.2) is 25.8 Å². The minimum absolute atomic E-state index is 0.0214. The molecule has 2 unspecified atom stereocenters. The molecule has 0 heterocycles. The van der Waals surface area contributed by atoms with Gasteiger partial charge in [-0.3, -0.25) is 0 Å². The van der Waals surface area contributed by atoms with E-state index < -0.39 is 10.0 Å². The molecule has 4 nitrogen and oxygen atoms in total. The summed E-state index contributed by atoms with van der Waals surface area (Å²) in [6.07, 6.45) is 4.47. The van der Waals surface area contributed by atoms with E-state index in [-0.39, 0.29) is 22.7 Å². The smallest absolute Gasteiger partial charge is 0.214 e. The summed E-state index contributed by atoms with van der Waals surface area (Å²) in [5.74, 6) is 0. The van der Waals surface area contributed by atoms with Crippen molar-refractivity contribution in [2.45, 2.75) is 63.3 Å². The van der Waals surface area contributed by atoms with E-state index in [4.69, 9.17) is 5.73 Å². The molecule has 0 aromatic heterocycles. The van der Waals surface area contributed by atoms with Gasteiger partial charge in [-0.25, -0.2) is 13.1 Å². The van der Waals surface area contributed by atoms with Crippen LogP contribution < -0.4 is 10.5 Å². The highest BCUT2D eigenvalue weighted by Crippen LogP contribution is 2.40. The summed E-state index contributed by atoms with van der Waals surface area (Å²) >= 11 is 0. The van der Waals surface area contributed by atoms with Crippen molar-refractivity contribution in [3.05, 3.63) is 0 Å². The maximum Gasteiger partial charge on any atom is 0.214 e.